The summed E-state index contributed by atoms with van der Waals surface area (Å²) in [5.74, 6) is -2.45. The predicted octanol–water partition coefficient (Wildman–Crippen LogP) is 0.568. The van der Waals surface area contributed by atoms with Crippen molar-refractivity contribution in [1.82, 2.24) is 20.1 Å². The van der Waals surface area contributed by atoms with Gasteiger partial charge in [0, 0.05) is 59.5 Å². The van der Waals surface area contributed by atoms with Gasteiger partial charge in [0.05, 0.1) is 17.4 Å². The molecule has 0 saturated carbocycles. The Kier molecular flexibility index (Phi) is 9.77. The molecule has 48 heavy (non-hydrogen) atoms. The zero-order chi connectivity index (χ0) is 33.8. The van der Waals surface area contributed by atoms with E-state index in [9.17, 15) is 34.2 Å². The Bertz CT molecular complexity index is 1820. The molecule has 0 aliphatic carbocycles. The van der Waals surface area contributed by atoms with Crippen LogP contribution in [0.4, 0.5) is 5.69 Å². The van der Waals surface area contributed by atoms with Crippen molar-refractivity contribution in [2.24, 2.45) is 0 Å². The molecule has 0 unspecified atom stereocenters. The Hall–Kier alpha value is -5.15. The number of carboxylic acids is 1. The third-order valence-corrected chi connectivity index (χ3v) is 10.2. The summed E-state index contributed by atoms with van der Waals surface area (Å²) in [6, 6.07) is 12.5. The summed E-state index contributed by atoms with van der Waals surface area (Å²) in [6.45, 7) is 0.835. The number of hydrogen-bond donors (Lipinski definition) is 3. The van der Waals surface area contributed by atoms with Gasteiger partial charge in [-0.2, -0.15) is 4.57 Å². The van der Waals surface area contributed by atoms with Crippen molar-refractivity contribution in [2.45, 2.75) is 35.8 Å². The molecule has 246 valence electrons. The smallest absolute Gasteiger partial charge is 0.290 e. The normalized spacial score (nSPS) is 19.6. The lowest BCUT2D eigenvalue weighted by atomic mass is 10.0. The van der Waals surface area contributed by atoms with Crippen LogP contribution in [-0.4, -0.2) is 79.0 Å². The van der Waals surface area contributed by atoms with E-state index in [2.05, 4.69) is 15.6 Å². The monoisotopic (exact) mass is 686 g/mol. The number of rotatable bonds is 11. The molecular weight excluding hydrogens is 657 g/mol. The number of aliphatic carboxylic acids is 1. The second-order valence-electron chi connectivity index (χ2n) is 11.2. The van der Waals surface area contributed by atoms with E-state index >= 15 is 0 Å². The van der Waals surface area contributed by atoms with E-state index in [0.29, 0.717) is 36.3 Å². The largest absolute Gasteiger partial charge is 0.543 e. The maximum Gasteiger partial charge on any atom is 0.290 e. The molecule has 6 rings (SSSR count). The predicted molar refractivity (Wildman–Crippen MR) is 174 cm³/mol. The van der Waals surface area contributed by atoms with Gasteiger partial charge < -0.3 is 30.5 Å². The number of carboxylic acid groups (broad SMARTS) is 1. The number of aromatic hydroxyl groups is 1. The molecule has 3 aromatic rings. The zero-order valence-electron chi connectivity index (χ0n) is 25.4. The van der Waals surface area contributed by atoms with Gasteiger partial charge in [-0.3, -0.25) is 29.1 Å². The fourth-order valence-corrected chi connectivity index (χ4v) is 7.54. The summed E-state index contributed by atoms with van der Waals surface area (Å²) in [4.78, 5) is 71.0. The number of benzene rings is 1. The van der Waals surface area contributed by atoms with Crippen LogP contribution in [0.3, 0.4) is 0 Å². The molecule has 1 aromatic carbocycles. The first kappa shape index (κ1) is 32.8. The molecule has 3 N–H and O–H groups in total. The van der Waals surface area contributed by atoms with E-state index in [4.69, 9.17) is 0 Å². The van der Waals surface area contributed by atoms with Crippen LogP contribution >= 0.6 is 23.5 Å². The summed E-state index contributed by atoms with van der Waals surface area (Å²) in [7, 11) is 0. The number of carbonyl (C=O) groups is 5. The first-order valence-electron chi connectivity index (χ1n) is 14.9. The van der Waals surface area contributed by atoms with E-state index in [1.165, 1.54) is 35.7 Å². The summed E-state index contributed by atoms with van der Waals surface area (Å²) >= 11 is 2.62. The summed E-state index contributed by atoms with van der Waals surface area (Å²) in [5, 5.41) is 26.5. The van der Waals surface area contributed by atoms with Gasteiger partial charge in [0.1, 0.15) is 17.2 Å². The summed E-state index contributed by atoms with van der Waals surface area (Å²) in [6.07, 6.45) is 8.68. The van der Waals surface area contributed by atoms with Gasteiger partial charge in [-0.25, -0.2) is 0 Å². The van der Waals surface area contributed by atoms with Gasteiger partial charge in [-0.15, -0.1) is 23.5 Å². The van der Waals surface area contributed by atoms with Crippen LogP contribution in [0.5, 0.6) is 5.75 Å². The van der Waals surface area contributed by atoms with E-state index in [1.54, 1.807) is 64.6 Å². The number of phenols is 1. The number of amides is 4. The van der Waals surface area contributed by atoms with Crippen LogP contribution in [0, 0.1) is 0 Å². The third-order valence-electron chi connectivity index (χ3n) is 7.90. The Balaban J connectivity index is 1.04. The second kappa shape index (κ2) is 14.3. The third kappa shape index (κ3) is 7.37. The van der Waals surface area contributed by atoms with Crippen LogP contribution in [-0.2, 0) is 37.1 Å². The van der Waals surface area contributed by atoms with Gasteiger partial charge in [0.25, 0.3) is 11.8 Å². The van der Waals surface area contributed by atoms with Gasteiger partial charge in [0.2, 0.25) is 18.4 Å². The lowest BCUT2D eigenvalue weighted by Gasteiger charge is -2.50. The first-order chi connectivity index (χ1) is 23.2. The average Bonchev–Trinajstić information content (AvgIpc) is 3.42. The van der Waals surface area contributed by atoms with Crippen molar-refractivity contribution in [1.29, 1.82) is 0 Å². The number of nitrogens with one attached hydrogen (secondary N) is 2. The van der Waals surface area contributed by atoms with Crippen LogP contribution in [0.25, 0.3) is 0 Å². The van der Waals surface area contributed by atoms with E-state index in [1.807, 2.05) is 12.1 Å². The van der Waals surface area contributed by atoms with E-state index in [-0.39, 0.29) is 47.2 Å². The van der Waals surface area contributed by atoms with Gasteiger partial charge >= 0.3 is 0 Å². The van der Waals surface area contributed by atoms with Crippen LogP contribution in [0.2, 0.25) is 0 Å². The molecule has 2 atom stereocenters. The molecule has 2 fully saturated rings. The number of carbonyl (C=O) groups excluding carboxylic acids is 5. The minimum atomic E-state index is -1.52. The molecule has 2 aromatic heterocycles. The zero-order valence-corrected chi connectivity index (χ0v) is 27.0. The molecule has 3 aliphatic heterocycles. The average molecular weight is 687 g/mol. The van der Waals surface area contributed by atoms with Crippen LogP contribution in [0.1, 0.15) is 12.0 Å². The van der Waals surface area contributed by atoms with E-state index in [0.717, 1.165) is 15.4 Å². The Morgan fingerprint density at radius 2 is 1.79 bits per heavy atom. The number of hydrogen-bond acceptors (Lipinski definition) is 10. The van der Waals surface area contributed by atoms with Crippen LogP contribution < -0.4 is 20.3 Å². The van der Waals surface area contributed by atoms with E-state index < -0.39 is 23.3 Å². The molecule has 3 aliphatic rings. The number of likely N-dealkylation sites (tertiary alicyclic amines) is 1. The number of anilines is 1. The van der Waals surface area contributed by atoms with Crippen LogP contribution in [0.15, 0.2) is 101 Å². The quantitative estimate of drug-likeness (QED) is 0.0850. The van der Waals surface area contributed by atoms with Crippen molar-refractivity contribution in [3.05, 3.63) is 102 Å². The maximum atomic E-state index is 13.3. The first-order valence-corrected chi connectivity index (χ1v) is 17.0. The lowest BCUT2D eigenvalue weighted by Crippen LogP contribution is -2.71. The Morgan fingerprint density at radius 1 is 1.06 bits per heavy atom. The van der Waals surface area contributed by atoms with Gasteiger partial charge in [-0.05, 0) is 60.0 Å². The summed E-state index contributed by atoms with van der Waals surface area (Å²) in [5.41, 5.74) is 1.90. The van der Waals surface area contributed by atoms with Crippen molar-refractivity contribution < 1.29 is 38.8 Å². The minimum absolute atomic E-state index is 0.0729. The van der Waals surface area contributed by atoms with Crippen molar-refractivity contribution in [2.75, 3.05) is 23.4 Å². The molecule has 2 saturated heterocycles. The molecule has 0 radical (unpaired) electrons. The number of β-lactam (4-membered cyclic amide) rings is 1. The molecule has 15 heteroatoms. The van der Waals surface area contributed by atoms with Crippen molar-refractivity contribution in [3.63, 3.8) is 0 Å². The highest BCUT2D eigenvalue weighted by Crippen LogP contribution is 2.41. The fraction of sp³-hybridized carbons (Fsp3) is 0.242. The number of fused-ring (bicyclic) bond motifs is 1. The summed E-state index contributed by atoms with van der Waals surface area (Å²) < 4.78 is 1.70. The maximum absolute atomic E-state index is 13.3. The molecule has 4 amide bonds. The van der Waals surface area contributed by atoms with Gasteiger partial charge in [0.15, 0.2) is 12.4 Å². The van der Waals surface area contributed by atoms with Crippen molar-refractivity contribution >= 4 is 58.8 Å². The number of phenolic OH excluding ortho intramolecular Hbond substituents is 1. The number of nitrogens with zero attached hydrogens (tertiary/aromatic N) is 4. The Morgan fingerprint density at radius 3 is 2.50 bits per heavy atom. The second-order valence-corrected chi connectivity index (χ2v) is 13.4. The standard InChI is InChI=1S/C33H30N6O7S2/c40-24-3-1-23(2-4-24)35-26(41)17-37-12-7-20(8-13-37)16-38-14-9-21(30(38)43)15-22-18-48-32-28(31(44)39(32)29(22)33(45)46)36-27(42)19-47-25-5-10-34-11-6-25/h1-8,10-13,15,28,32H,9,14,16-19H2,(H3-,35,36,40,41,42,45,46)/b21-15+/t28-,32-/m1/s1. The van der Waals surface area contributed by atoms with Gasteiger partial charge in [-0.1, -0.05) is 0 Å². The van der Waals surface area contributed by atoms with Crippen molar-refractivity contribution in [3.8, 4) is 5.75 Å². The number of thioether (sulfide) groups is 2. The molecule has 0 bridgehead atoms. The SMILES string of the molecule is O=C(C[n+]1ccc(CN2CC/C(=C\C3=C(C(=O)[O-])N4C(=O)[C@@H](NC(=O)CSc5ccncc5)[C@H]4SC3)C2=O)cc1)Nc1ccc(O)cc1. The number of aromatic nitrogens is 2. The minimum Gasteiger partial charge on any atom is -0.543 e. The molecule has 0 spiro atoms. The highest BCUT2D eigenvalue weighted by Gasteiger charge is 2.52. The molecular formula is C33H30N6O7S2. The molecule has 13 nitrogen and oxygen atoms in total. The Labute approximate surface area is 283 Å². The number of pyridine rings is 2. The lowest BCUT2D eigenvalue weighted by molar-refractivity contribution is -0.684. The molecule has 5 heterocycles. The topological polar surface area (TPSA) is 176 Å². The highest BCUT2D eigenvalue weighted by molar-refractivity contribution is 8.00. The fourth-order valence-electron chi connectivity index (χ4n) is 5.53. The number of allylic oxidation sites excluding steroid dienone is 1. The highest BCUT2D eigenvalue weighted by atomic mass is 32.2.